The molecule has 0 spiro atoms. The molecule has 2 rings (SSSR count). The number of amides is 3. The maximum absolute atomic E-state index is 13.0. The quantitative estimate of drug-likeness (QED) is 0.0695. The predicted octanol–water partition coefficient (Wildman–Crippen LogP) is 2.15. The van der Waals surface area contributed by atoms with Gasteiger partial charge in [0.15, 0.2) is 5.78 Å². The fourth-order valence-electron chi connectivity index (χ4n) is 5.19. The van der Waals surface area contributed by atoms with E-state index in [0.717, 1.165) is 31.2 Å². The number of carbonyl (C=O) groups is 5. The van der Waals surface area contributed by atoms with Gasteiger partial charge in [0.1, 0.15) is 25.9 Å². The summed E-state index contributed by atoms with van der Waals surface area (Å²) in [5, 5.41) is 7.99. The first kappa shape index (κ1) is 47.9. The molecule has 1 atom stereocenters. The number of unbranched alkanes of at least 4 members (excludes halogenated alkanes) is 1. The van der Waals surface area contributed by atoms with Gasteiger partial charge in [-0.15, -0.1) is 0 Å². The molecule has 2 aromatic rings. The highest BCUT2D eigenvalue weighted by molar-refractivity contribution is 5.88. The van der Waals surface area contributed by atoms with Gasteiger partial charge in [-0.1, -0.05) is 54.6 Å². The fraction of sp³-hybridized carbons (Fsp3) is 0.585. The summed E-state index contributed by atoms with van der Waals surface area (Å²) in [4.78, 5) is 62.5. The Bertz CT molecular complexity index is 1380. The number of carbonyl (C=O) groups excluding carboxylic acids is 5. The predicted molar refractivity (Wildman–Crippen MR) is 208 cm³/mol. The third-order valence-corrected chi connectivity index (χ3v) is 8.19. The minimum absolute atomic E-state index is 0.0659. The molecule has 0 radical (unpaired) electrons. The molecule has 0 saturated heterocycles. The number of ketones is 1. The highest BCUT2D eigenvalue weighted by Crippen LogP contribution is 2.11. The molecular formula is C41H61N3O12. The van der Waals surface area contributed by atoms with E-state index >= 15 is 0 Å². The maximum atomic E-state index is 13.0. The lowest BCUT2D eigenvalue weighted by molar-refractivity contribution is -0.147. The van der Waals surface area contributed by atoms with Crippen molar-refractivity contribution in [2.75, 3.05) is 100.0 Å². The van der Waals surface area contributed by atoms with Gasteiger partial charge in [0.05, 0.1) is 59.3 Å². The van der Waals surface area contributed by atoms with Crippen LogP contribution in [0.3, 0.4) is 0 Å². The molecule has 15 heteroatoms. The van der Waals surface area contributed by atoms with Gasteiger partial charge >= 0.3 is 5.97 Å². The van der Waals surface area contributed by atoms with E-state index in [4.69, 9.17) is 33.2 Å². The van der Waals surface area contributed by atoms with Gasteiger partial charge < -0.3 is 49.1 Å². The van der Waals surface area contributed by atoms with Crippen LogP contribution in [0, 0.1) is 0 Å². The van der Waals surface area contributed by atoms with Crippen LogP contribution in [0.5, 0.6) is 0 Å². The van der Waals surface area contributed by atoms with Crippen LogP contribution in [0.15, 0.2) is 54.6 Å². The van der Waals surface area contributed by atoms with Crippen LogP contribution in [-0.4, -0.2) is 136 Å². The van der Waals surface area contributed by atoms with E-state index in [9.17, 15) is 24.0 Å². The van der Waals surface area contributed by atoms with E-state index in [-0.39, 0.29) is 83.7 Å². The summed E-state index contributed by atoms with van der Waals surface area (Å²) in [6, 6.07) is 17.4. The van der Waals surface area contributed by atoms with Crippen molar-refractivity contribution in [3.63, 3.8) is 0 Å². The summed E-state index contributed by atoms with van der Waals surface area (Å²) in [5.41, 5.74) is 3.39. The Kier molecular flexibility index (Phi) is 27.3. The summed E-state index contributed by atoms with van der Waals surface area (Å²) >= 11 is 0. The first-order chi connectivity index (χ1) is 27.3. The molecule has 15 nitrogen and oxygen atoms in total. The van der Waals surface area contributed by atoms with E-state index in [2.05, 4.69) is 40.2 Å². The van der Waals surface area contributed by atoms with Crippen LogP contribution >= 0.6 is 0 Å². The summed E-state index contributed by atoms with van der Waals surface area (Å²) in [6.07, 6.45) is 4.72. The van der Waals surface area contributed by atoms with Crippen molar-refractivity contribution >= 4 is 29.5 Å². The molecule has 0 aliphatic heterocycles. The average Bonchev–Trinajstić information content (AvgIpc) is 3.20. The Morgan fingerprint density at radius 2 is 1.12 bits per heavy atom. The number of nitrogens with one attached hydrogen (secondary N) is 3. The standard InChI is InChI=1S/C41H61N3O12/c1-50-21-23-52-25-27-54-31-38(46)42-19-8-13-37(44-39(47)32-55-28-26-53-24-22-51-2)41(49)43-20-18-40(48)56-30-36(45)29-35-16-14-34(15-17-35)12-7-6-11-33-9-4-3-5-10-33/h3-5,9-10,14-17,37H,6-8,11-13,18-32H2,1-2H3,(H,42,46)(H,43,49)(H,44,47)/t37-/m0/s1. The fourth-order valence-corrected chi connectivity index (χ4v) is 5.19. The normalized spacial score (nSPS) is 11.5. The van der Waals surface area contributed by atoms with Gasteiger partial charge in [-0.05, 0) is 55.2 Å². The summed E-state index contributed by atoms with van der Waals surface area (Å²) in [5.74, 6) is -2.25. The summed E-state index contributed by atoms with van der Waals surface area (Å²) in [6.45, 7) is 2.14. The van der Waals surface area contributed by atoms with Crippen molar-refractivity contribution in [3.8, 4) is 0 Å². The molecular weight excluding hydrogens is 726 g/mol. The van der Waals surface area contributed by atoms with Crippen LogP contribution in [0.1, 0.15) is 48.8 Å². The van der Waals surface area contributed by atoms with Crippen molar-refractivity contribution in [1.82, 2.24) is 16.0 Å². The van der Waals surface area contributed by atoms with Crippen LogP contribution in [0.4, 0.5) is 0 Å². The van der Waals surface area contributed by atoms with E-state index in [1.807, 2.05) is 30.3 Å². The molecule has 0 heterocycles. The molecule has 2 aromatic carbocycles. The van der Waals surface area contributed by atoms with Gasteiger partial charge in [-0.25, -0.2) is 0 Å². The number of hydrogen-bond donors (Lipinski definition) is 3. The minimum atomic E-state index is -0.959. The molecule has 56 heavy (non-hydrogen) atoms. The number of hydrogen-bond acceptors (Lipinski definition) is 12. The van der Waals surface area contributed by atoms with Crippen molar-refractivity contribution in [2.45, 2.75) is 57.4 Å². The second-order valence-electron chi connectivity index (χ2n) is 12.9. The first-order valence-corrected chi connectivity index (χ1v) is 19.2. The van der Waals surface area contributed by atoms with E-state index in [1.54, 1.807) is 14.2 Å². The average molecular weight is 788 g/mol. The number of rotatable bonds is 34. The molecule has 0 aromatic heterocycles. The first-order valence-electron chi connectivity index (χ1n) is 19.2. The number of methoxy groups -OCH3 is 2. The van der Waals surface area contributed by atoms with Gasteiger partial charge in [0.2, 0.25) is 17.7 Å². The molecule has 0 saturated carbocycles. The third kappa shape index (κ3) is 25.0. The second-order valence-corrected chi connectivity index (χ2v) is 12.9. The van der Waals surface area contributed by atoms with Crippen LogP contribution in [-0.2, 0) is 76.4 Å². The summed E-state index contributed by atoms with van der Waals surface area (Å²) in [7, 11) is 3.14. The van der Waals surface area contributed by atoms with Gasteiger partial charge in [-0.3, -0.25) is 24.0 Å². The Morgan fingerprint density at radius 3 is 1.75 bits per heavy atom. The zero-order valence-electron chi connectivity index (χ0n) is 33.0. The lowest BCUT2D eigenvalue weighted by Gasteiger charge is -2.19. The van der Waals surface area contributed by atoms with Crippen LogP contribution in [0.2, 0.25) is 0 Å². The Labute approximate surface area is 330 Å². The zero-order chi connectivity index (χ0) is 40.5. The van der Waals surface area contributed by atoms with Crippen molar-refractivity contribution < 1.29 is 57.1 Å². The number of ether oxygens (including phenoxy) is 7. The Hall–Kier alpha value is -4.25. The molecule has 0 fully saturated rings. The topological polar surface area (TPSA) is 186 Å². The lowest BCUT2D eigenvalue weighted by Crippen LogP contribution is -2.48. The van der Waals surface area contributed by atoms with Gasteiger partial charge in [-0.2, -0.15) is 0 Å². The smallest absolute Gasteiger partial charge is 0.308 e. The molecule has 312 valence electrons. The van der Waals surface area contributed by atoms with Crippen molar-refractivity contribution in [1.29, 1.82) is 0 Å². The highest BCUT2D eigenvalue weighted by atomic mass is 16.6. The minimum Gasteiger partial charge on any atom is -0.458 e. The third-order valence-electron chi connectivity index (χ3n) is 8.19. The highest BCUT2D eigenvalue weighted by Gasteiger charge is 2.21. The monoisotopic (exact) mass is 787 g/mol. The molecule has 0 unspecified atom stereocenters. The number of benzene rings is 2. The SMILES string of the molecule is COCCOCCOCC(=O)NCCC[C@H](NC(=O)COCCOCCOC)C(=O)NCCC(=O)OCC(=O)Cc1ccc(CCCCc2ccccc2)cc1. The van der Waals surface area contributed by atoms with Crippen molar-refractivity contribution in [3.05, 3.63) is 71.3 Å². The van der Waals surface area contributed by atoms with Crippen LogP contribution < -0.4 is 16.0 Å². The second kappa shape index (κ2) is 31.9. The molecule has 0 aliphatic rings. The van der Waals surface area contributed by atoms with Crippen molar-refractivity contribution in [2.24, 2.45) is 0 Å². The zero-order valence-corrected chi connectivity index (χ0v) is 33.0. The molecule has 3 amide bonds. The lowest BCUT2D eigenvalue weighted by atomic mass is 10.0. The van der Waals surface area contributed by atoms with Crippen LogP contribution in [0.25, 0.3) is 0 Å². The number of esters is 1. The Balaban J connectivity index is 1.69. The molecule has 0 aliphatic carbocycles. The number of aryl methyl sites for hydroxylation is 2. The van der Waals surface area contributed by atoms with Gasteiger partial charge in [0, 0.05) is 33.7 Å². The molecule has 3 N–H and O–H groups in total. The summed E-state index contributed by atoms with van der Waals surface area (Å²) < 4.78 is 36.1. The molecule has 0 bridgehead atoms. The largest absolute Gasteiger partial charge is 0.458 e. The van der Waals surface area contributed by atoms with E-state index in [1.165, 1.54) is 11.1 Å². The maximum Gasteiger partial charge on any atom is 0.308 e. The van der Waals surface area contributed by atoms with E-state index in [0.29, 0.717) is 39.5 Å². The number of Topliss-reactive ketones (excluding diaryl/α,β-unsaturated/α-hetero) is 1. The Morgan fingerprint density at radius 1 is 0.571 bits per heavy atom. The van der Waals surface area contributed by atoms with Gasteiger partial charge in [0.25, 0.3) is 0 Å². The van der Waals surface area contributed by atoms with E-state index < -0.39 is 23.8 Å².